The number of hydrogen-bond acceptors (Lipinski definition) is 4. The number of carbonyl (C=O) groups excluding carboxylic acids is 1. The molecule has 1 amide bonds. The average molecular weight is 376 g/mol. The van der Waals surface area contributed by atoms with Crippen LogP contribution in [0, 0.1) is 0 Å². The van der Waals surface area contributed by atoms with Crippen molar-refractivity contribution in [2.24, 2.45) is 0 Å². The normalized spacial score (nSPS) is 11.3. The fourth-order valence-electron chi connectivity index (χ4n) is 2.48. The van der Waals surface area contributed by atoms with Gasteiger partial charge < -0.3 is 10.1 Å². The van der Waals surface area contributed by atoms with Crippen LogP contribution in [0.25, 0.3) is 0 Å². The highest BCUT2D eigenvalue weighted by Gasteiger charge is 2.16. The summed E-state index contributed by atoms with van der Waals surface area (Å²) in [7, 11) is -1.75. The second-order valence-electron chi connectivity index (χ2n) is 5.88. The van der Waals surface area contributed by atoms with Crippen LogP contribution < -0.4 is 10.1 Å². The average Bonchev–Trinajstić information content (AvgIpc) is 2.64. The van der Waals surface area contributed by atoms with Crippen LogP contribution in [0.4, 0.5) is 0 Å². The molecule has 0 saturated heterocycles. The maximum atomic E-state index is 12.0. The molecule has 0 aliphatic carbocycles. The van der Waals surface area contributed by atoms with E-state index in [1.165, 1.54) is 10.6 Å². The van der Waals surface area contributed by atoms with Crippen LogP contribution in [0.1, 0.15) is 15.9 Å². The second-order valence-corrected chi connectivity index (χ2v) is 7.86. The van der Waals surface area contributed by atoms with E-state index < -0.39 is 10.0 Å². The van der Waals surface area contributed by atoms with Crippen molar-refractivity contribution in [2.45, 2.75) is 6.42 Å². The van der Waals surface area contributed by atoms with Gasteiger partial charge in [0.05, 0.1) is 13.4 Å². The highest BCUT2D eigenvalue weighted by Crippen LogP contribution is 2.12. The molecule has 0 atom stereocenters. The smallest absolute Gasteiger partial charge is 0.251 e. The Morgan fingerprint density at radius 2 is 1.69 bits per heavy atom. The predicted molar refractivity (Wildman–Crippen MR) is 102 cm³/mol. The predicted octanol–water partition coefficient (Wildman–Crippen LogP) is 1.93. The molecular weight excluding hydrogens is 352 g/mol. The molecule has 0 aromatic heterocycles. The van der Waals surface area contributed by atoms with E-state index >= 15 is 0 Å². The Hall–Kier alpha value is -2.38. The lowest BCUT2D eigenvalue weighted by molar-refractivity contribution is 0.0951. The van der Waals surface area contributed by atoms with Crippen LogP contribution in [-0.4, -0.2) is 51.6 Å². The number of amides is 1. The summed E-state index contributed by atoms with van der Waals surface area (Å²) < 4.78 is 30.5. The first kappa shape index (κ1) is 19.9. The molecule has 2 aromatic rings. The van der Waals surface area contributed by atoms with Gasteiger partial charge in [-0.1, -0.05) is 30.3 Å². The van der Waals surface area contributed by atoms with Gasteiger partial charge in [-0.15, -0.1) is 0 Å². The van der Waals surface area contributed by atoms with E-state index in [1.807, 2.05) is 30.3 Å². The standard InChI is InChI=1S/C19H24N2O4S/c1-25-18-10-8-16(9-11-18)12-14-21(26(2,23)24)15-13-20-19(22)17-6-4-3-5-7-17/h3-11H,12-15H2,1-2H3,(H,20,22). The van der Waals surface area contributed by atoms with Crippen molar-refractivity contribution in [3.63, 3.8) is 0 Å². The van der Waals surface area contributed by atoms with E-state index in [1.54, 1.807) is 31.4 Å². The van der Waals surface area contributed by atoms with E-state index in [0.717, 1.165) is 11.3 Å². The molecule has 0 aliphatic rings. The van der Waals surface area contributed by atoms with Crippen molar-refractivity contribution in [3.05, 3.63) is 65.7 Å². The SMILES string of the molecule is COc1ccc(CCN(CCNC(=O)c2ccccc2)S(C)(=O)=O)cc1. The van der Waals surface area contributed by atoms with Gasteiger partial charge in [-0.3, -0.25) is 4.79 Å². The lowest BCUT2D eigenvalue weighted by atomic mass is 10.1. The topological polar surface area (TPSA) is 75.7 Å². The number of methoxy groups -OCH3 is 1. The fraction of sp³-hybridized carbons (Fsp3) is 0.316. The Balaban J connectivity index is 1.88. The Morgan fingerprint density at radius 3 is 2.27 bits per heavy atom. The molecule has 0 spiro atoms. The summed E-state index contributed by atoms with van der Waals surface area (Å²) in [6.45, 7) is 0.837. The Kier molecular flexibility index (Phi) is 7.17. The molecule has 0 aliphatic heterocycles. The molecule has 2 rings (SSSR count). The number of rotatable bonds is 9. The summed E-state index contributed by atoms with van der Waals surface area (Å²) in [5, 5.41) is 2.75. The molecule has 6 nitrogen and oxygen atoms in total. The third-order valence-corrected chi connectivity index (χ3v) is 5.26. The number of nitrogens with one attached hydrogen (secondary N) is 1. The van der Waals surface area contributed by atoms with Gasteiger partial charge in [0.25, 0.3) is 5.91 Å². The molecule has 0 fully saturated rings. The molecule has 7 heteroatoms. The monoisotopic (exact) mass is 376 g/mol. The van der Waals surface area contributed by atoms with E-state index in [4.69, 9.17) is 4.74 Å². The first-order valence-electron chi connectivity index (χ1n) is 8.31. The van der Waals surface area contributed by atoms with Crippen LogP contribution in [0.15, 0.2) is 54.6 Å². The first-order valence-corrected chi connectivity index (χ1v) is 10.2. The summed E-state index contributed by atoms with van der Waals surface area (Å²) in [6.07, 6.45) is 1.77. The lowest BCUT2D eigenvalue weighted by Gasteiger charge is -2.20. The molecule has 2 aromatic carbocycles. The molecule has 0 bridgehead atoms. The van der Waals surface area contributed by atoms with E-state index in [-0.39, 0.29) is 19.0 Å². The van der Waals surface area contributed by atoms with Crippen LogP contribution in [-0.2, 0) is 16.4 Å². The van der Waals surface area contributed by atoms with Gasteiger partial charge in [-0.05, 0) is 36.2 Å². The minimum Gasteiger partial charge on any atom is -0.497 e. The van der Waals surface area contributed by atoms with Crippen molar-refractivity contribution in [1.29, 1.82) is 0 Å². The fourth-order valence-corrected chi connectivity index (χ4v) is 3.32. The Bertz CT molecular complexity index is 805. The zero-order valence-electron chi connectivity index (χ0n) is 15.0. The van der Waals surface area contributed by atoms with Crippen molar-refractivity contribution in [3.8, 4) is 5.75 Å². The molecule has 0 unspecified atom stereocenters. The highest BCUT2D eigenvalue weighted by atomic mass is 32.2. The zero-order chi connectivity index (χ0) is 19.0. The molecular formula is C19H24N2O4S. The quantitative estimate of drug-likeness (QED) is 0.726. The van der Waals surface area contributed by atoms with Gasteiger partial charge in [0.15, 0.2) is 0 Å². The van der Waals surface area contributed by atoms with Crippen molar-refractivity contribution in [1.82, 2.24) is 9.62 Å². The van der Waals surface area contributed by atoms with Crippen LogP contribution >= 0.6 is 0 Å². The Labute approximate surface area is 154 Å². The molecule has 140 valence electrons. The summed E-state index contributed by atoms with van der Waals surface area (Å²) in [5.41, 5.74) is 1.57. The van der Waals surface area contributed by atoms with Gasteiger partial charge in [-0.25, -0.2) is 12.7 Å². The largest absolute Gasteiger partial charge is 0.497 e. The van der Waals surface area contributed by atoms with Gasteiger partial charge in [0.1, 0.15) is 5.75 Å². The van der Waals surface area contributed by atoms with Crippen LogP contribution in [0.2, 0.25) is 0 Å². The molecule has 0 saturated carbocycles. The minimum absolute atomic E-state index is 0.214. The first-order chi connectivity index (χ1) is 12.4. The number of ether oxygens (including phenoxy) is 1. The molecule has 0 radical (unpaired) electrons. The van der Waals surface area contributed by atoms with Gasteiger partial charge in [0.2, 0.25) is 10.0 Å². The van der Waals surface area contributed by atoms with Crippen molar-refractivity contribution < 1.29 is 17.9 Å². The van der Waals surface area contributed by atoms with E-state index in [0.29, 0.717) is 18.5 Å². The zero-order valence-corrected chi connectivity index (χ0v) is 15.8. The van der Waals surface area contributed by atoms with E-state index in [9.17, 15) is 13.2 Å². The van der Waals surface area contributed by atoms with Gasteiger partial charge in [-0.2, -0.15) is 0 Å². The highest BCUT2D eigenvalue weighted by molar-refractivity contribution is 7.88. The third kappa shape index (κ3) is 6.16. The summed E-state index contributed by atoms with van der Waals surface area (Å²) in [6, 6.07) is 16.4. The number of benzene rings is 2. The number of nitrogens with zero attached hydrogens (tertiary/aromatic N) is 1. The summed E-state index contributed by atoms with van der Waals surface area (Å²) >= 11 is 0. The third-order valence-electron chi connectivity index (χ3n) is 3.96. The lowest BCUT2D eigenvalue weighted by Crippen LogP contribution is -2.39. The number of sulfonamides is 1. The number of hydrogen-bond donors (Lipinski definition) is 1. The summed E-state index contributed by atoms with van der Waals surface area (Å²) in [4.78, 5) is 12.0. The van der Waals surface area contributed by atoms with Crippen LogP contribution in [0.5, 0.6) is 5.75 Å². The van der Waals surface area contributed by atoms with Crippen molar-refractivity contribution >= 4 is 15.9 Å². The summed E-state index contributed by atoms with van der Waals surface area (Å²) in [5.74, 6) is 0.548. The van der Waals surface area contributed by atoms with Gasteiger partial charge >= 0.3 is 0 Å². The number of carbonyl (C=O) groups is 1. The molecule has 1 N–H and O–H groups in total. The second kappa shape index (κ2) is 9.35. The maximum absolute atomic E-state index is 12.0. The van der Waals surface area contributed by atoms with Crippen molar-refractivity contribution in [2.75, 3.05) is 33.0 Å². The van der Waals surface area contributed by atoms with Gasteiger partial charge in [0, 0.05) is 25.2 Å². The maximum Gasteiger partial charge on any atom is 0.251 e. The van der Waals surface area contributed by atoms with E-state index in [2.05, 4.69) is 5.32 Å². The van der Waals surface area contributed by atoms with Crippen LogP contribution in [0.3, 0.4) is 0 Å². The molecule has 0 heterocycles. The molecule has 26 heavy (non-hydrogen) atoms. The Morgan fingerprint density at radius 1 is 1.04 bits per heavy atom. The minimum atomic E-state index is -3.35.